The fraction of sp³-hybridized carbons (Fsp3) is 0.692. The zero-order valence-electron chi connectivity index (χ0n) is 10.6. The van der Waals surface area contributed by atoms with Gasteiger partial charge in [0.05, 0.1) is 13.2 Å². The summed E-state index contributed by atoms with van der Waals surface area (Å²) in [5, 5.41) is 20.5. The van der Waals surface area contributed by atoms with Crippen molar-refractivity contribution >= 4 is 0 Å². The van der Waals surface area contributed by atoms with Gasteiger partial charge in [-0.15, -0.1) is 0 Å². The molecule has 0 radical (unpaired) electrons. The third-order valence-corrected chi connectivity index (χ3v) is 3.62. The SMILES string of the molecule is COc1nccnc1C(O)C(O)C1CCCCC1. The van der Waals surface area contributed by atoms with Gasteiger partial charge in [-0.05, 0) is 18.8 Å². The molecular weight excluding hydrogens is 232 g/mol. The Hall–Kier alpha value is -1.20. The van der Waals surface area contributed by atoms with Crippen LogP contribution in [0.1, 0.15) is 43.9 Å². The van der Waals surface area contributed by atoms with Gasteiger partial charge in [-0.25, -0.2) is 4.98 Å². The molecule has 2 atom stereocenters. The summed E-state index contributed by atoms with van der Waals surface area (Å²) >= 11 is 0. The van der Waals surface area contributed by atoms with Crippen LogP contribution >= 0.6 is 0 Å². The molecule has 0 bridgehead atoms. The van der Waals surface area contributed by atoms with Crippen molar-refractivity contribution < 1.29 is 14.9 Å². The predicted molar refractivity (Wildman–Crippen MR) is 66.1 cm³/mol. The van der Waals surface area contributed by atoms with Crippen molar-refractivity contribution in [2.24, 2.45) is 5.92 Å². The summed E-state index contributed by atoms with van der Waals surface area (Å²) in [4.78, 5) is 8.06. The first-order valence-electron chi connectivity index (χ1n) is 6.45. The minimum Gasteiger partial charge on any atom is -0.480 e. The number of aliphatic hydroxyl groups is 2. The number of hydrogen-bond acceptors (Lipinski definition) is 5. The van der Waals surface area contributed by atoms with Crippen LogP contribution in [0.15, 0.2) is 12.4 Å². The lowest BCUT2D eigenvalue weighted by molar-refractivity contribution is -0.0318. The van der Waals surface area contributed by atoms with E-state index in [-0.39, 0.29) is 11.8 Å². The predicted octanol–water partition coefficient (Wildman–Crippen LogP) is 1.46. The van der Waals surface area contributed by atoms with Crippen LogP contribution in [0, 0.1) is 5.92 Å². The quantitative estimate of drug-likeness (QED) is 0.848. The number of hydrogen-bond donors (Lipinski definition) is 2. The second kappa shape index (κ2) is 6.11. The molecule has 1 fully saturated rings. The molecule has 0 amide bonds. The van der Waals surface area contributed by atoms with Gasteiger partial charge in [0.15, 0.2) is 0 Å². The molecule has 2 N–H and O–H groups in total. The van der Waals surface area contributed by atoms with Crippen molar-refractivity contribution in [3.05, 3.63) is 18.1 Å². The highest BCUT2D eigenvalue weighted by Gasteiger charge is 2.31. The van der Waals surface area contributed by atoms with E-state index in [0.717, 1.165) is 25.7 Å². The smallest absolute Gasteiger partial charge is 0.238 e. The summed E-state index contributed by atoms with van der Waals surface area (Å²) in [6, 6.07) is 0. The summed E-state index contributed by atoms with van der Waals surface area (Å²) in [7, 11) is 1.48. The Balaban J connectivity index is 2.11. The Morgan fingerprint density at radius 1 is 1.17 bits per heavy atom. The van der Waals surface area contributed by atoms with Crippen molar-refractivity contribution in [3.8, 4) is 5.88 Å². The van der Waals surface area contributed by atoms with Crippen LogP contribution < -0.4 is 4.74 Å². The molecule has 18 heavy (non-hydrogen) atoms. The maximum absolute atomic E-state index is 10.2. The minimum atomic E-state index is -1.03. The third kappa shape index (κ3) is 2.79. The summed E-state index contributed by atoms with van der Waals surface area (Å²) < 4.78 is 5.06. The molecule has 100 valence electrons. The van der Waals surface area contributed by atoms with Crippen molar-refractivity contribution in [1.29, 1.82) is 0 Å². The van der Waals surface area contributed by atoms with Crippen LogP contribution in [0.5, 0.6) is 5.88 Å². The van der Waals surface area contributed by atoms with E-state index >= 15 is 0 Å². The number of nitrogens with zero attached hydrogens (tertiary/aromatic N) is 2. The Morgan fingerprint density at radius 2 is 1.83 bits per heavy atom. The first-order valence-corrected chi connectivity index (χ1v) is 6.45. The lowest BCUT2D eigenvalue weighted by Crippen LogP contribution is -2.30. The molecule has 1 saturated carbocycles. The fourth-order valence-electron chi connectivity index (χ4n) is 2.59. The largest absolute Gasteiger partial charge is 0.480 e. The van der Waals surface area contributed by atoms with E-state index < -0.39 is 12.2 Å². The second-order valence-corrected chi connectivity index (χ2v) is 4.78. The molecule has 1 aliphatic rings. The lowest BCUT2D eigenvalue weighted by atomic mass is 9.83. The monoisotopic (exact) mass is 252 g/mol. The van der Waals surface area contributed by atoms with Crippen molar-refractivity contribution in [3.63, 3.8) is 0 Å². The maximum Gasteiger partial charge on any atom is 0.238 e. The lowest BCUT2D eigenvalue weighted by Gasteiger charge is -2.29. The van der Waals surface area contributed by atoms with E-state index in [0.29, 0.717) is 5.69 Å². The maximum atomic E-state index is 10.2. The van der Waals surface area contributed by atoms with Gasteiger partial charge in [0.1, 0.15) is 11.8 Å². The van der Waals surface area contributed by atoms with Crippen LogP contribution in [-0.4, -0.2) is 33.4 Å². The normalized spacial score (nSPS) is 20.4. The Morgan fingerprint density at radius 3 is 2.50 bits per heavy atom. The highest BCUT2D eigenvalue weighted by molar-refractivity contribution is 5.20. The van der Waals surface area contributed by atoms with E-state index in [9.17, 15) is 10.2 Å². The van der Waals surface area contributed by atoms with Crippen molar-refractivity contribution in [2.45, 2.75) is 44.3 Å². The molecule has 2 rings (SSSR count). The first-order chi connectivity index (χ1) is 8.74. The standard InChI is InChI=1S/C13H20N2O3/c1-18-13-10(14-7-8-15-13)12(17)11(16)9-5-3-2-4-6-9/h7-9,11-12,16-17H,2-6H2,1H3. The molecule has 1 aromatic heterocycles. The summed E-state index contributed by atoms with van der Waals surface area (Å²) in [6.45, 7) is 0. The summed E-state index contributed by atoms with van der Waals surface area (Å²) in [5.74, 6) is 0.417. The van der Waals surface area contributed by atoms with E-state index in [1.54, 1.807) is 0 Å². The van der Waals surface area contributed by atoms with E-state index in [2.05, 4.69) is 9.97 Å². The number of methoxy groups -OCH3 is 1. The third-order valence-electron chi connectivity index (χ3n) is 3.62. The Kier molecular flexibility index (Phi) is 4.49. The number of aliphatic hydroxyl groups excluding tert-OH is 2. The van der Waals surface area contributed by atoms with Crippen LogP contribution in [-0.2, 0) is 0 Å². The zero-order valence-corrected chi connectivity index (χ0v) is 10.6. The molecule has 2 unspecified atom stereocenters. The van der Waals surface area contributed by atoms with Crippen LogP contribution in [0.3, 0.4) is 0 Å². The molecule has 0 aromatic carbocycles. The molecule has 1 heterocycles. The van der Waals surface area contributed by atoms with Gasteiger partial charge in [-0.3, -0.25) is 4.98 Å². The van der Waals surface area contributed by atoms with Gasteiger partial charge < -0.3 is 14.9 Å². The van der Waals surface area contributed by atoms with Crippen LogP contribution in [0.4, 0.5) is 0 Å². The molecule has 5 heteroatoms. The van der Waals surface area contributed by atoms with Crippen molar-refractivity contribution in [2.75, 3.05) is 7.11 Å². The highest BCUT2D eigenvalue weighted by Crippen LogP contribution is 2.33. The zero-order chi connectivity index (χ0) is 13.0. The van der Waals surface area contributed by atoms with Gasteiger partial charge in [0.2, 0.25) is 5.88 Å². The second-order valence-electron chi connectivity index (χ2n) is 4.78. The van der Waals surface area contributed by atoms with Gasteiger partial charge in [-0.1, -0.05) is 19.3 Å². The molecule has 5 nitrogen and oxygen atoms in total. The fourth-order valence-corrected chi connectivity index (χ4v) is 2.59. The van der Waals surface area contributed by atoms with Gasteiger partial charge in [-0.2, -0.15) is 0 Å². The average Bonchev–Trinajstić information content (AvgIpc) is 2.46. The van der Waals surface area contributed by atoms with E-state index in [1.807, 2.05) is 0 Å². The summed E-state index contributed by atoms with van der Waals surface area (Å²) in [5.41, 5.74) is 0.318. The number of ether oxygens (including phenoxy) is 1. The minimum absolute atomic E-state index is 0.139. The summed E-state index contributed by atoms with van der Waals surface area (Å²) in [6.07, 6.45) is 6.54. The Labute approximate surface area is 107 Å². The first kappa shape index (κ1) is 13.2. The molecule has 0 aliphatic heterocycles. The van der Waals surface area contributed by atoms with Crippen LogP contribution in [0.25, 0.3) is 0 Å². The molecule has 1 aromatic rings. The van der Waals surface area contributed by atoms with Crippen LogP contribution in [0.2, 0.25) is 0 Å². The van der Waals surface area contributed by atoms with Gasteiger partial charge >= 0.3 is 0 Å². The molecule has 0 spiro atoms. The molecular formula is C13H20N2O3. The van der Waals surface area contributed by atoms with E-state index in [1.165, 1.54) is 25.9 Å². The highest BCUT2D eigenvalue weighted by atomic mass is 16.5. The van der Waals surface area contributed by atoms with Gasteiger partial charge in [0, 0.05) is 12.4 Å². The average molecular weight is 252 g/mol. The topological polar surface area (TPSA) is 75.5 Å². The number of aromatic nitrogens is 2. The number of rotatable bonds is 4. The van der Waals surface area contributed by atoms with Gasteiger partial charge in [0.25, 0.3) is 0 Å². The van der Waals surface area contributed by atoms with Crippen molar-refractivity contribution in [1.82, 2.24) is 9.97 Å². The molecule has 1 aliphatic carbocycles. The van der Waals surface area contributed by atoms with E-state index in [4.69, 9.17) is 4.74 Å². The Bertz CT molecular complexity index is 380. The molecule has 0 saturated heterocycles.